The Morgan fingerprint density at radius 2 is 1.91 bits per heavy atom. The number of benzene rings is 1. The van der Waals surface area contributed by atoms with E-state index in [1.165, 1.54) is 12.1 Å². The first-order chi connectivity index (χ1) is 10.6. The van der Waals surface area contributed by atoms with Gasteiger partial charge in [-0.2, -0.15) is 0 Å². The molecule has 0 spiro atoms. The van der Waals surface area contributed by atoms with Crippen LogP contribution in [-0.4, -0.2) is 47.2 Å². The van der Waals surface area contributed by atoms with Crippen molar-refractivity contribution in [2.75, 3.05) is 37.6 Å². The van der Waals surface area contributed by atoms with E-state index in [0.29, 0.717) is 5.69 Å². The Hall–Kier alpha value is -1.95. The van der Waals surface area contributed by atoms with E-state index >= 15 is 0 Å². The molecule has 2 heterocycles. The molecule has 0 radical (unpaired) electrons. The van der Waals surface area contributed by atoms with Crippen LogP contribution in [0.3, 0.4) is 0 Å². The third-order valence-corrected chi connectivity index (χ3v) is 4.20. The molecular formula is C16H20F2N4. The van der Waals surface area contributed by atoms with Gasteiger partial charge in [0.1, 0.15) is 17.5 Å². The van der Waals surface area contributed by atoms with E-state index in [4.69, 9.17) is 0 Å². The molecular weight excluding hydrogens is 286 g/mol. The molecule has 0 unspecified atom stereocenters. The Bertz CT molecular complexity index is 633. The highest BCUT2D eigenvalue weighted by Crippen LogP contribution is 2.21. The van der Waals surface area contributed by atoms with Crippen LogP contribution in [0, 0.1) is 11.6 Å². The van der Waals surface area contributed by atoms with Gasteiger partial charge in [-0.25, -0.2) is 13.8 Å². The second-order valence-corrected chi connectivity index (χ2v) is 5.63. The number of hydrogen-bond acceptors (Lipinski definition) is 3. The van der Waals surface area contributed by atoms with Crippen LogP contribution in [0.4, 0.5) is 14.5 Å². The molecule has 118 valence electrons. The predicted molar refractivity (Wildman–Crippen MR) is 81.9 cm³/mol. The van der Waals surface area contributed by atoms with E-state index < -0.39 is 11.6 Å². The molecule has 0 bridgehead atoms. The number of anilines is 1. The zero-order valence-electron chi connectivity index (χ0n) is 12.7. The van der Waals surface area contributed by atoms with E-state index in [1.807, 2.05) is 28.9 Å². The number of nitrogens with zero attached hydrogens (tertiary/aromatic N) is 4. The Kier molecular flexibility index (Phi) is 4.38. The van der Waals surface area contributed by atoms with Gasteiger partial charge < -0.3 is 9.47 Å². The van der Waals surface area contributed by atoms with Crippen LogP contribution in [0.15, 0.2) is 30.6 Å². The minimum atomic E-state index is -0.532. The van der Waals surface area contributed by atoms with Crippen molar-refractivity contribution >= 4 is 5.69 Å². The summed E-state index contributed by atoms with van der Waals surface area (Å²) in [5.41, 5.74) is 0.491. The smallest absolute Gasteiger partial charge is 0.149 e. The number of piperazine rings is 1. The topological polar surface area (TPSA) is 24.3 Å². The average Bonchev–Trinajstić information content (AvgIpc) is 2.91. The molecule has 1 aromatic carbocycles. The summed E-state index contributed by atoms with van der Waals surface area (Å²) in [6, 6.07) is 3.78. The summed E-state index contributed by atoms with van der Waals surface area (Å²) >= 11 is 0. The van der Waals surface area contributed by atoms with Gasteiger partial charge in [0.05, 0.1) is 5.69 Å². The van der Waals surface area contributed by atoms with Gasteiger partial charge in [0.2, 0.25) is 0 Å². The predicted octanol–water partition coefficient (Wildman–Crippen LogP) is 2.06. The summed E-state index contributed by atoms with van der Waals surface area (Å²) in [6.07, 6.45) is 4.67. The molecule has 1 aliphatic heterocycles. The number of aromatic nitrogens is 2. The van der Waals surface area contributed by atoms with Crippen LogP contribution in [0.2, 0.25) is 0 Å². The maximum absolute atomic E-state index is 13.8. The first-order valence-electron chi connectivity index (χ1n) is 7.52. The van der Waals surface area contributed by atoms with E-state index in [9.17, 15) is 8.78 Å². The van der Waals surface area contributed by atoms with Crippen molar-refractivity contribution < 1.29 is 8.78 Å². The molecule has 1 saturated heterocycles. The van der Waals surface area contributed by atoms with Crippen LogP contribution in [-0.2, 0) is 13.5 Å². The first kappa shape index (κ1) is 15.0. The fraction of sp³-hybridized carbons (Fsp3) is 0.438. The van der Waals surface area contributed by atoms with Gasteiger partial charge in [0.25, 0.3) is 0 Å². The lowest BCUT2D eigenvalue weighted by atomic mass is 10.2. The zero-order valence-corrected chi connectivity index (χ0v) is 12.7. The molecule has 0 aliphatic carbocycles. The average molecular weight is 306 g/mol. The van der Waals surface area contributed by atoms with E-state index in [0.717, 1.165) is 51.0 Å². The fourth-order valence-corrected chi connectivity index (χ4v) is 2.85. The molecule has 1 aliphatic rings. The molecule has 0 saturated carbocycles. The molecule has 3 rings (SSSR count). The highest BCUT2D eigenvalue weighted by atomic mass is 19.1. The van der Waals surface area contributed by atoms with E-state index in [2.05, 4.69) is 9.88 Å². The Morgan fingerprint density at radius 1 is 1.14 bits per heavy atom. The first-order valence-corrected chi connectivity index (χ1v) is 7.52. The molecule has 22 heavy (non-hydrogen) atoms. The second kappa shape index (κ2) is 6.44. The minimum Gasteiger partial charge on any atom is -0.367 e. The Balaban J connectivity index is 1.53. The van der Waals surface area contributed by atoms with Crippen molar-refractivity contribution in [2.45, 2.75) is 6.42 Å². The summed E-state index contributed by atoms with van der Waals surface area (Å²) < 4.78 is 28.8. The summed E-state index contributed by atoms with van der Waals surface area (Å²) in [6.45, 7) is 4.21. The Labute approximate surface area is 129 Å². The summed E-state index contributed by atoms with van der Waals surface area (Å²) in [5.74, 6) is 0.0587. The van der Waals surface area contributed by atoms with Gasteiger partial charge in [0, 0.05) is 64.7 Å². The van der Waals surface area contributed by atoms with Crippen molar-refractivity contribution in [3.8, 4) is 0 Å². The van der Waals surface area contributed by atoms with Crippen molar-refractivity contribution in [2.24, 2.45) is 7.05 Å². The van der Waals surface area contributed by atoms with E-state index in [1.54, 1.807) is 0 Å². The van der Waals surface area contributed by atoms with Gasteiger partial charge in [0.15, 0.2) is 0 Å². The maximum Gasteiger partial charge on any atom is 0.149 e. The summed E-state index contributed by atoms with van der Waals surface area (Å²) in [4.78, 5) is 8.66. The summed E-state index contributed by atoms with van der Waals surface area (Å²) in [7, 11) is 2.00. The molecule has 0 atom stereocenters. The molecule has 0 amide bonds. The molecule has 2 aromatic rings. The lowest BCUT2D eigenvalue weighted by Gasteiger charge is -2.36. The number of aryl methyl sites for hydroxylation is 1. The number of halogens is 2. The van der Waals surface area contributed by atoms with E-state index in [-0.39, 0.29) is 0 Å². The maximum atomic E-state index is 13.8. The van der Waals surface area contributed by atoms with Crippen molar-refractivity contribution in [3.63, 3.8) is 0 Å². The van der Waals surface area contributed by atoms with Gasteiger partial charge in [-0.1, -0.05) is 0 Å². The highest BCUT2D eigenvalue weighted by molar-refractivity contribution is 5.48. The lowest BCUT2D eigenvalue weighted by molar-refractivity contribution is 0.258. The van der Waals surface area contributed by atoms with Crippen molar-refractivity contribution in [1.82, 2.24) is 14.5 Å². The number of rotatable bonds is 4. The van der Waals surface area contributed by atoms with Crippen LogP contribution in [0.1, 0.15) is 5.82 Å². The number of hydrogen-bond donors (Lipinski definition) is 0. The fourth-order valence-electron chi connectivity index (χ4n) is 2.85. The quantitative estimate of drug-likeness (QED) is 0.864. The third-order valence-electron chi connectivity index (χ3n) is 4.20. The standard InChI is InChI=1S/C16H20F2N4/c1-20-7-5-19-16(20)4-6-21-8-10-22(11-9-21)15-3-2-13(17)12-14(15)18/h2-3,5,7,12H,4,6,8-11H2,1H3. The molecule has 1 aromatic heterocycles. The Morgan fingerprint density at radius 3 is 2.55 bits per heavy atom. The second-order valence-electron chi connectivity index (χ2n) is 5.63. The molecule has 6 heteroatoms. The van der Waals surface area contributed by atoms with Crippen LogP contribution < -0.4 is 4.90 Å². The summed E-state index contributed by atoms with van der Waals surface area (Å²) in [5, 5.41) is 0. The zero-order chi connectivity index (χ0) is 15.5. The lowest BCUT2D eigenvalue weighted by Crippen LogP contribution is -2.47. The van der Waals surface area contributed by atoms with Crippen LogP contribution in [0.25, 0.3) is 0 Å². The molecule has 0 N–H and O–H groups in total. The highest BCUT2D eigenvalue weighted by Gasteiger charge is 2.19. The van der Waals surface area contributed by atoms with Gasteiger partial charge >= 0.3 is 0 Å². The third kappa shape index (κ3) is 3.27. The van der Waals surface area contributed by atoms with Crippen LogP contribution >= 0.6 is 0 Å². The molecule has 1 fully saturated rings. The van der Waals surface area contributed by atoms with Crippen LogP contribution in [0.5, 0.6) is 0 Å². The van der Waals surface area contributed by atoms with Gasteiger partial charge in [-0.05, 0) is 12.1 Å². The molecule has 4 nitrogen and oxygen atoms in total. The van der Waals surface area contributed by atoms with Crippen molar-refractivity contribution in [1.29, 1.82) is 0 Å². The number of imidazole rings is 1. The van der Waals surface area contributed by atoms with Crippen molar-refractivity contribution in [3.05, 3.63) is 48.1 Å². The normalized spacial score (nSPS) is 16.2. The minimum absolute atomic E-state index is 0.485. The largest absolute Gasteiger partial charge is 0.367 e. The van der Waals surface area contributed by atoms with Gasteiger partial charge in [-0.3, -0.25) is 4.90 Å². The SMILES string of the molecule is Cn1ccnc1CCN1CCN(c2ccc(F)cc2F)CC1. The monoisotopic (exact) mass is 306 g/mol. The van der Waals surface area contributed by atoms with Gasteiger partial charge in [-0.15, -0.1) is 0 Å².